The van der Waals surface area contributed by atoms with E-state index in [0.29, 0.717) is 37.4 Å². The van der Waals surface area contributed by atoms with Gasteiger partial charge in [-0.3, -0.25) is 4.79 Å². The molecule has 0 unspecified atom stereocenters. The molecule has 5 heteroatoms. The number of likely N-dealkylation sites (tertiary alicyclic amines) is 1. The third kappa shape index (κ3) is 3.55. The van der Waals surface area contributed by atoms with Crippen LogP contribution in [0.2, 0.25) is 0 Å². The molecule has 0 spiro atoms. The number of piperidine rings is 1. The zero-order chi connectivity index (χ0) is 14.5. The summed E-state index contributed by atoms with van der Waals surface area (Å²) in [6.07, 6.45) is 1.84. The maximum atomic E-state index is 13.1. The summed E-state index contributed by atoms with van der Waals surface area (Å²) in [4.78, 5) is 14.2. The summed E-state index contributed by atoms with van der Waals surface area (Å²) in [6, 6.07) is 4.28. The molecule has 1 heterocycles. The summed E-state index contributed by atoms with van der Waals surface area (Å²) in [6.45, 7) is 4.19. The Kier molecular flexibility index (Phi) is 5.09. The number of amides is 1. The number of hydrogen-bond acceptors (Lipinski definition) is 3. The minimum absolute atomic E-state index is 0.0280. The maximum absolute atomic E-state index is 13.1. The predicted octanol–water partition coefficient (Wildman–Crippen LogP) is 1.71. The first-order valence-corrected chi connectivity index (χ1v) is 6.99. The number of nitrogens with zero attached hydrogens (tertiary/aromatic N) is 1. The molecule has 2 rings (SSSR count). The van der Waals surface area contributed by atoms with E-state index in [0.717, 1.165) is 12.8 Å². The van der Waals surface area contributed by atoms with Gasteiger partial charge in [-0.1, -0.05) is 0 Å². The van der Waals surface area contributed by atoms with Crippen LogP contribution in [0.1, 0.15) is 28.8 Å². The van der Waals surface area contributed by atoms with Crippen molar-refractivity contribution in [2.45, 2.75) is 25.9 Å². The van der Waals surface area contributed by atoms with Crippen LogP contribution in [-0.2, 0) is 4.74 Å². The first-order valence-electron chi connectivity index (χ1n) is 6.99. The van der Waals surface area contributed by atoms with Crippen molar-refractivity contribution in [3.05, 3.63) is 35.1 Å². The fourth-order valence-corrected chi connectivity index (χ4v) is 2.50. The Labute approximate surface area is 118 Å². The molecule has 0 saturated carbocycles. The SMILES string of the molecule is Cc1cc(F)ccc1C(=O)N1CCC(OCCN)CC1. The highest BCUT2D eigenvalue weighted by Gasteiger charge is 2.24. The molecule has 1 amide bonds. The van der Waals surface area contributed by atoms with Gasteiger partial charge in [-0.05, 0) is 43.5 Å². The number of nitrogens with two attached hydrogens (primary N) is 1. The van der Waals surface area contributed by atoms with E-state index in [4.69, 9.17) is 10.5 Å². The molecule has 1 fully saturated rings. The van der Waals surface area contributed by atoms with Crippen molar-refractivity contribution in [2.75, 3.05) is 26.2 Å². The van der Waals surface area contributed by atoms with Crippen molar-refractivity contribution in [1.82, 2.24) is 4.90 Å². The summed E-state index contributed by atoms with van der Waals surface area (Å²) in [5.74, 6) is -0.340. The van der Waals surface area contributed by atoms with Crippen molar-refractivity contribution in [3.8, 4) is 0 Å². The maximum Gasteiger partial charge on any atom is 0.254 e. The van der Waals surface area contributed by atoms with Crippen molar-refractivity contribution < 1.29 is 13.9 Å². The Morgan fingerprint density at radius 3 is 2.75 bits per heavy atom. The third-order valence-electron chi connectivity index (χ3n) is 3.62. The quantitative estimate of drug-likeness (QED) is 0.913. The van der Waals surface area contributed by atoms with E-state index in [2.05, 4.69) is 0 Å². The van der Waals surface area contributed by atoms with Crippen molar-refractivity contribution in [2.24, 2.45) is 5.73 Å². The van der Waals surface area contributed by atoms with E-state index < -0.39 is 0 Å². The Balaban J connectivity index is 1.94. The monoisotopic (exact) mass is 280 g/mol. The van der Waals surface area contributed by atoms with E-state index in [1.807, 2.05) is 4.90 Å². The highest BCUT2D eigenvalue weighted by atomic mass is 19.1. The van der Waals surface area contributed by atoms with E-state index in [-0.39, 0.29) is 17.8 Å². The van der Waals surface area contributed by atoms with Gasteiger partial charge in [0.05, 0.1) is 12.7 Å². The van der Waals surface area contributed by atoms with Crippen LogP contribution >= 0.6 is 0 Å². The zero-order valence-electron chi connectivity index (χ0n) is 11.8. The van der Waals surface area contributed by atoms with Crippen molar-refractivity contribution in [1.29, 1.82) is 0 Å². The summed E-state index contributed by atoms with van der Waals surface area (Å²) in [7, 11) is 0. The molecule has 1 saturated heterocycles. The van der Waals surface area contributed by atoms with Crippen LogP contribution in [0.5, 0.6) is 0 Å². The van der Waals surface area contributed by atoms with Crippen molar-refractivity contribution in [3.63, 3.8) is 0 Å². The van der Waals surface area contributed by atoms with Crippen LogP contribution in [0.4, 0.5) is 4.39 Å². The fraction of sp³-hybridized carbons (Fsp3) is 0.533. The number of ether oxygens (including phenoxy) is 1. The Bertz CT molecular complexity index is 471. The number of carbonyl (C=O) groups excluding carboxylic acids is 1. The lowest BCUT2D eigenvalue weighted by Crippen LogP contribution is -2.41. The largest absolute Gasteiger partial charge is 0.377 e. The molecule has 110 valence electrons. The lowest BCUT2D eigenvalue weighted by atomic mass is 10.0. The first kappa shape index (κ1) is 14.9. The van der Waals surface area contributed by atoms with Crippen molar-refractivity contribution >= 4 is 5.91 Å². The molecule has 2 N–H and O–H groups in total. The number of rotatable bonds is 4. The number of hydrogen-bond donors (Lipinski definition) is 1. The minimum Gasteiger partial charge on any atom is -0.377 e. The lowest BCUT2D eigenvalue weighted by Gasteiger charge is -2.32. The van der Waals surface area contributed by atoms with Crippen LogP contribution in [-0.4, -0.2) is 43.2 Å². The van der Waals surface area contributed by atoms with Crippen LogP contribution < -0.4 is 5.73 Å². The van der Waals surface area contributed by atoms with Gasteiger partial charge in [-0.2, -0.15) is 0 Å². The van der Waals surface area contributed by atoms with Gasteiger partial charge in [0.2, 0.25) is 0 Å². The highest BCUT2D eigenvalue weighted by Crippen LogP contribution is 2.18. The van der Waals surface area contributed by atoms with E-state index in [1.54, 1.807) is 13.0 Å². The number of halogens is 1. The van der Waals surface area contributed by atoms with E-state index >= 15 is 0 Å². The molecule has 0 bridgehead atoms. The second-order valence-electron chi connectivity index (χ2n) is 5.11. The molecular weight excluding hydrogens is 259 g/mol. The molecule has 1 aromatic rings. The second kappa shape index (κ2) is 6.81. The first-order chi connectivity index (χ1) is 9.61. The number of aryl methyl sites for hydroxylation is 1. The molecule has 1 aliphatic heterocycles. The predicted molar refractivity (Wildman–Crippen MR) is 75.1 cm³/mol. The molecule has 0 aromatic heterocycles. The Hall–Kier alpha value is -1.46. The van der Waals surface area contributed by atoms with Gasteiger partial charge in [0.1, 0.15) is 5.82 Å². The van der Waals surface area contributed by atoms with Gasteiger partial charge in [0.25, 0.3) is 5.91 Å². The van der Waals surface area contributed by atoms with Gasteiger partial charge in [-0.25, -0.2) is 4.39 Å². The summed E-state index contributed by atoms with van der Waals surface area (Å²) >= 11 is 0. The van der Waals surface area contributed by atoms with Crippen LogP contribution in [0.3, 0.4) is 0 Å². The molecule has 0 atom stereocenters. The second-order valence-corrected chi connectivity index (χ2v) is 5.11. The minimum atomic E-state index is -0.312. The van der Waals surface area contributed by atoms with Gasteiger partial charge in [0, 0.05) is 25.2 Å². The average Bonchev–Trinajstić information content (AvgIpc) is 2.45. The number of benzene rings is 1. The summed E-state index contributed by atoms with van der Waals surface area (Å²) < 4.78 is 18.7. The summed E-state index contributed by atoms with van der Waals surface area (Å²) in [5, 5.41) is 0. The summed E-state index contributed by atoms with van der Waals surface area (Å²) in [5.41, 5.74) is 6.66. The van der Waals surface area contributed by atoms with E-state index in [1.165, 1.54) is 12.1 Å². The van der Waals surface area contributed by atoms with Crippen LogP contribution in [0, 0.1) is 12.7 Å². The highest BCUT2D eigenvalue weighted by molar-refractivity contribution is 5.95. The zero-order valence-corrected chi connectivity index (χ0v) is 11.8. The van der Waals surface area contributed by atoms with Gasteiger partial charge in [-0.15, -0.1) is 0 Å². The van der Waals surface area contributed by atoms with Gasteiger partial charge in [0.15, 0.2) is 0 Å². The molecule has 0 radical (unpaired) electrons. The average molecular weight is 280 g/mol. The normalized spacial score (nSPS) is 16.4. The lowest BCUT2D eigenvalue weighted by molar-refractivity contribution is 0.0121. The third-order valence-corrected chi connectivity index (χ3v) is 3.62. The molecule has 20 heavy (non-hydrogen) atoms. The van der Waals surface area contributed by atoms with Crippen LogP contribution in [0.25, 0.3) is 0 Å². The molecule has 0 aliphatic carbocycles. The Morgan fingerprint density at radius 2 is 2.15 bits per heavy atom. The topological polar surface area (TPSA) is 55.6 Å². The standard InChI is InChI=1S/C15H21FN2O2/c1-11-10-12(16)2-3-14(11)15(19)18-7-4-13(5-8-18)20-9-6-17/h2-3,10,13H,4-9,17H2,1H3. The molecule has 1 aliphatic rings. The molecule has 4 nitrogen and oxygen atoms in total. The van der Waals surface area contributed by atoms with Gasteiger partial charge >= 0.3 is 0 Å². The van der Waals surface area contributed by atoms with Crippen LogP contribution in [0.15, 0.2) is 18.2 Å². The Morgan fingerprint density at radius 1 is 1.45 bits per heavy atom. The van der Waals surface area contributed by atoms with E-state index in [9.17, 15) is 9.18 Å². The van der Waals surface area contributed by atoms with Gasteiger partial charge < -0.3 is 15.4 Å². The molecular formula is C15H21FN2O2. The smallest absolute Gasteiger partial charge is 0.254 e. The molecule has 1 aromatic carbocycles. The fourth-order valence-electron chi connectivity index (χ4n) is 2.50. The number of carbonyl (C=O) groups is 1.